The van der Waals surface area contributed by atoms with Crippen LogP contribution in [0.4, 0.5) is 0 Å². The van der Waals surface area contributed by atoms with Crippen molar-refractivity contribution in [2.75, 3.05) is 34.3 Å². The fourth-order valence-electron chi connectivity index (χ4n) is 2.51. The van der Waals surface area contributed by atoms with Crippen LogP contribution >= 0.6 is 12.4 Å². The molecule has 1 aliphatic carbocycles. The minimum Gasteiger partial charge on any atom is -0.496 e. The Labute approximate surface area is 126 Å². The lowest BCUT2D eigenvalue weighted by Crippen LogP contribution is -2.39. The maximum Gasteiger partial charge on any atom is 0.233 e. The zero-order valence-corrected chi connectivity index (χ0v) is 13.1. The van der Waals surface area contributed by atoms with E-state index < -0.39 is 0 Å². The highest BCUT2D eigenvalue weighted by Crippen LogP contribution is 2.52. The van der Waals surface area contributed by atoms with Gasteiger partial charge >= 0.3 is 0 Å². The summed E-state index contributed by atoms with van der Waals surface area (Å²) in [6.45, 7) is 1.54. The number of ether oxygens (including phenoxy) is 1. The Bertz CT molecular complexity index is 461. The predicted octanol–water partition coefficient (Wildman–Crippen LogP) is 1.83. The second kappa shape index (κ2) is 6.95. The van der Waals surface area contributed by atoms with Crippen LogP contribution < -0.4 is 10.1 Å². The lowest BCUT2D eigenvalue weighted by molar-refractivity contribution is -0.132. The van der Waals surface area contributed by atoms with Gasteiger partial charge in [-0.05, 0) is 26.0 Å². The summed E-state index contributed by atoms with van der Waals surface area (Å²) in [5, 5.41) is 3.07. The number of amides is 1. The van der Waals surface area contributed by atoms with E-state index in [9.17, 15) is 4.79 Å². The maximum absolute atomic E-state index is 12.6. The highest BCUT2D eigenvalue weighted by molar-refractivity contribution is 5.92. The normalized spacial score (nSPS) is 15.2. The van der Waals surface area contributed by atoms with E-state index in [4.69, 9.17) is 4.74 Å². The van der Waals surface area contributed by atoms with Gasteiger partial charge in [0, 0.05) is 25.7 Å². The molecular weight excluding hydrogens is 276 g/mol. The van der Waals surface area contributed by atoms with E-state index in [1.807, 2.05) is 43.3 Å². The SMILES string of the molecule is CNCCN(C)C(=O)C1(c2ccccc2OC)CC1.Cl. The molecule has 0 bridgehead atoms. The molecular formula is C15H23ClN2O2. The van der Waals surface area contributed by atoms with Crippen molar-refractivity contribution in [3.8, 4) is 5.75 Å². The largest absolute Gasteiger partial charge is 0.496 e. The van der Waals surface area contributed by atoms with E-state index >= 15 is 0 Å². The van der Waals surface area contributed by atoms with Crippen molar-refractivity contribution in [2.45, 2.75) is 18.3 Å². The van der Waals surface area contributed by atoms with E-state index in [2.05, 4.69) is 5.32 Å². The number of benzene rings is 1. The van der Waals surface area contributed by atoms with Gasteiger partial charge in [-0.2, -0.15) is 0 Å². The fraction of sp³-hybridized carbons (Fsp3) is 0.533. The van der Waals surface area contributed by atoms with Gasteiger partial charge in [-0.1, -0.05) is 18.2 Å². The van der Waals surface area contributed by atoms with E-state index in [1.165, 1.54) is 0 Å². The first kappa shape index (κ1) is 16.8. The van der Waals surface area contributed by atoms with Gasteiger partial charge in [0.1, 0.15) is 5.75 Å². The number of hydrogen-bond donors (Lipinski definition) is 1. The third-order valence-electron chi connectivity index (χ3n) is 3.83. The van der Waals surface area contributed by atoms with Gasteiger partial charge in [0.15, 0.2) is 0 Å². The number of likely N-dealkylation sites (N-methyl/N-ethyl adjacent to an activating group) is 2. The molecule has 20 heavy (non-hydrogen) atoms. The summed E-state index contributed by atoms with van der Waals surface area (Å²) in [6, 6.07) is 7.85. The third-order valence-corrected chi connectivity index (χ3v) is 3.83. The minimum absolute atomic E-state index is 0. The predicted molar refractivity (Wildman–Crippen MR) is 82.7 cm³/mol. The van der Waals surface area contributed by atoms with Gasteiger partial charge in [-0.25, -0.2) is 0 Å². The van der Waals surface area contributed by atoms with Crippen molar-refractivity contribution in [2.24, 2.45) is 0 Å². The molecule has 0 atom stereocenters. The van der Waals surface area contributed by atoms with E-state index in [0.29, 0.717) is 0 Å². The van der Waals surface area contributed by atoms with Crippen LogP contribution in [0.5, 0.6) is 5.75 Å². The van der Waals surface area contributed by atoms with Crippen molar-refractivity contribution < 1.29 is 9.53 Å². The lowest BCUT2D eigenvalue weighted by Gasteiger charge is -2.25. The molecule has 1 N–H and O–H groups in total. The fourth-order valence-corrected chi connectivity index (χ4v) is 2.51. The number of nitrogens with zero attached hydrogens (tertiary/aromatic N) is 1. The Morgan fingerprint density at radius 1 is 1.40 bits per heavy atom. The number of para-hydroxylation sites is 1. The van der Waals surface area contributed by atoms with Gasteiger partial charge < -0.3 is 15.0 Å². The summed E-state index contributed by atoms with van der Waals surface area (Å²) < 4.78 is 5.40. The summed E-state index contributed by atoms with van der Waals surface area (Å²) >= 11 is 0. The average molecular weight is 299 g/mol. The van der Waals surface area contributed by atoms with Crippen LogP contribution in [-0.2, 0) is 10.2 Å². The topological polar surface area (TPSA) is 41.6 Å². The molecule has 1 aromatic rings. The smallest absolute Gasteiger partial charge is 0.233 e. The van der Waals surface area contributed by atoms with Gasteiger partial charge in [0.25, 0.3) is 0 Å². The standard InChI is InChI=1S/C15H22N2O2.ClH/c1-16-10-11-17(2)14(18)15(8-9-15)12-6-4-5-7-13(12)19-3;/h4-7,16H,8-11H2,1-3H3;1H. The Kier molecular flexibility index (Phi) is 5.84. The molecule has 0 aromatic heterocycles. The van der Waals surface area contributed by atoms with Crippen molar-refractivity contribution >= 4 is 18.3 Å². The molecule has 1 saturated carbocycles. The number of carbonyl (C=O) groups is 1. The zero-order chi connectivity index (χ0) is 13.9. The van der Waals surface area contributed by atoms with Crippen LogP contribution in [0, 0.1) is 0 Å². The van der Waals surface area contributed by atoms with E-state index in [1.54, 1.807) is 7.11 Å². The van der Waals surface area contributed by atoms with Crippen molar-refractivity contribution in [3.05, 3.63) is 29.8 Å². The third kappa shape index (κ3) is 3.07. The van der Waals surface area contributed by atoms with Gasteiger partial charge in [-0.15, -0.1) is 12.4 Å². The molecule has 0 saturated heterocycles. The first-order chi connectivity index (χ1) is 9.15. The Balaban J connectivity index is 0.00000200. The summed E-state index contributed by atoms with van der Waals surface area (Å²) in [5.41, 5.74) is 0.675. The van der Waals surface area contributed by atoms with E-state index in [0.717, 1.165) is 37.2 Å². The number of halogens is 1. The van der Waals surface area contributed by atoms with Crippen LogP contribution in [0.15, 0.2) is 24.3 Å². The summed E-state index contributed by atoms with van der Waals surface area (Å²) in [6.07, 6.45) is 1.83. The first-order valence-corrected chi connectivity index (χ1v) is 6.69. The average Bonchev–Trinajstić information content (AvgIpc) is 3.25. The lowest BCUT2D eigenvalue weighted by atomic mass is 9.93. The molecule has 0 unspecified atom stereocenters. The van der Waals surface area contributed by atoms with Crippen LogP contribution in [-0.4, -0.2) is 45.1 Å². The van der Waals surface area contributed by atoms with Gasteiger partial charge in [0.2, 0.25) is 5.91 Å². The summed E-state index contributed by atoms with van der Waals surface area (Å²) in [7, 11) is 5.42. The zero-order valence-electron chi connectivity index (χ0n) is 12.3. The monoisotopic (exact) mass is 298 g/mol. The second-order valence-electron chi connectivity index (χ2n) is 5.11. The molecule has 5 heteroatoms. The Morgan fingerprint density at radius 3 is 2.60 bits per heavy atom. The van der Waals surface area contributed by atoms with Crippen molar-refractivity contribution in [3.63, 3.8) is 0 Å². The van der Waals surface area contributed by atoms with Crippen molar-refractivity contribution in [1.82, 2.24) is 10.2 Å². The molecule has 1 aromatic carbocycles. The highest BCUT2D eigenvalue weighted by Gasteiger charge is 2.53. The van der Waals surface area contributed by atoms with Crippen LogP contribution in [0.1, 0.15) is 18.4 Å². The quantitative estimate of drug-likeness (QED) is 0.871. The number of rotatable bonds is 6. The molecule has 0 spiro atoms. The maximum atomic E-state index is 12.6. The number of methoxy groups -OCH3 is 1. The Morgan fingerprint density at radius 2 is 2.05 bits per heavy atom. The molecule has 1 fully saturated rings. The number of nitrogens with one attached hydrogen (secondary N) is 1. The Hall–Kier alpha value is -1.26. The summed E-state index contributed by atoms with van der Waals surface area (Å²) in [5.74, 6) is 1.02. The molecule has 2 rings (SSSR count). The van der Waals surface area contributed by atoms with Crippen LogP contribution in [0.3, 0.4) is 0 Å². The van der Waals surface area contributed by atoms with Crippen LogP contribution in [0.2, 0.25) is 0 Å². The van der Waals surface area contributed by atoms with E-state index in [-0.39, 0.29) is 23.7 Å². The number of carbonyl (C=O) groups excluding carboxylic acids is 1. The first-order valence-electron chi connectivity index (χ1n) is 6.69. The molecule has 0 aliphatic heterocycles. The molecule has 1 amide bonds. The molecule has 0 radical (unpaired) electrons. The van der Waals surface area contributed by atoms with Gasteiger partial charge in [-0.3, -0.25) is 4.79 Å². The molecule has 1 aliphatic rings. The molecule has 0 heterocycles. The number of hydrogen-bond acceptors (Lipinski definition) is 3. The summed E-state index contributed by atoms with van der Waals surface area (Å²) in [4.78, 5) is 14.5. The van der Waals surface area contributed by atoms with Gasteiger partial charge in [0.05, 0.1) is 12.5 Å². The second-order valence-corrected chi connectivity index (χ2v) is 5.11. The highest BCUT2D eigenvalue weighted by atomic mass is 35.5. The molecule has 4 nitrogen and oxygen atoms in total. The van der Waals surface area contributed by atoms with Crippen LogP contribution in [0.25, 0.3) is 0 Å². The minimum atomic E-state index is -0.352. The molecule has 112 valence electrons. The van der Waals surface area contributed by atoms with Crippen molar-refractivity contribution in [1.29, 1.82) is 0 Å².